The van der Waals surface area contributed by atoms with Crippen molar-refractivity contribution in [2.24, 2.45) is 5.92 Å². The molecule has 0 saturated carbocycles. The van der Waals surface area contributed by atoms with E-state index in [9.17, 15) is 9.59 Å². The van der Waals surface area contributed by atoms with Crippen LogP contribution in [0.1, 0.15) is 47.3 Å². The van der Waals surface area contributed by atoms with Crippen LogP contribution in [0.3, 0.4) is 0 Å². The summed E-state index contributed by atoms with van der Waals surface area (Å²) in [5.74, 6) is 0.950. The van der Waals surface area contributed by atoms with Gasteiger partial charge in [-0.2, -0.15) is 0 Å². The molecule has 3 rings (SSSR count). The molecule has 2 aromatic rings. The fraction of sp³-hybridized carbons (Fsp3) is 0.474. The van der Waals surface area contributed by atoms with E-state index in [-0.39, 0.29) is 11.8 Å². The number of likely N-dealkylation sites (tertiary alicyclic amines) is 1. The second-order valence-electron chi connectivity index (χ2n) is 6.63. The van der Waals surface area contributed by atoms with Gasteiger partial charge in [-0.3, -0.25) is 9.59 Å². The summed E-state index contributed by atoms with van der Waals surface area (Å²) in [6.07, 6.45) is 8.28. The van der Waals surface area contributed by atoms with Crippen LogP contribution in [0.15, 0.2) is 28.9 Å². The normalized spacial score (nSPS) is 15.4. The summed E-state index contributed by atoms with van der Waals surface area (Å²) in [7, 11) is 0. The van der Waals surface area contributed by atoms with Crippen molar-refractivity contribution in [2.75, 3.05) is 19.6 Å². The predicted molar refractivity (Wildman–Crippen MR) is 103 cm³/mol. The van der Waals surface area contributed by atoms with E-state index in [0.717, 1.165) is 42.9 Å². The molecular formula is C19H24N4O3S. The second kappa shape index (κ2) is 9.45. The Morgan fingerprint density at radius 2 is 2.22 bits per heavy atom. The molecule has 0 aromatic carbocycles. The van der Waals surface area contributed by atoms with Gasteiger partial charge in [-0.15, -0.1) is 5.10 Å². The Hall–Kier alpha value is -2.48. The fourth-order valence-electron chi connectivity index (χ4n) is 3.10. The van der Waals surface area contributed by atoms with Crippen LogP contribution in [-0.4, -0.2) is 45.9 Å². The van der Waals surface area contributed by atoms with E-state index in [0.29, 0.717) is 36.2 Å². The molecule has 0 spiro atoms. The van der Waals surface area contributed by atoms with Crippen LogP contribution in [-0.2, 0) is 11.2 Å². The molecule has 8 heteroatoms. The van der Waals surface area contributed by atoms with E-state index < -0.39 is 0 Å². The number of hydrogen-bond acceptors (Lipinski definition) is 6. The lowest BCUT2D eigenvalue weighted by Crippen LogP contribution is -2.41. The Morgan fingerprint density at radius 3 is 2.93 bits per heavy atom. The van der Waals surface area contributed by atoms with Crippen molar-refractivity contribution in [3.05, 3.63) is 40.8 Å². The molecule has 1 aliphatic heterocycles. The molecule has 0 unspecified atom stereocenters. The highest BCUT2D eigenvalue weighted by Gasteiger charge is 2.23. The Labute approximate surface area is 162 Å². The van der Waals surface area contributed by atoms with Gasteiger partial charge in [0.1, 0.15) is 10.6 Å². The summed E-state index contributed by atoms with van der Waals surface area (Å²) in [5, 5.41) is 7.04. The molecule has 2 amide bonds. The van der Waals surface area contributed by atoms with Gasteiger partial charge in [0.2, 0.25) is 5.91 Å². The Balaban J connectivity index is 1.42. The van der Waals surface area contributed by atoms with Crippen LogP contribution in [0, 0.1) is 5.92 Å². The largest absolute Gasteiger partial charge is 0.465 e. The van der Waals surface area contributed by atoms with Crippen molar-refractivity contribution in [1.29, 1.82) is 0 Å². The highest BCUT2D eigenvalue weighted by Crippen LogP contribution is 2.18. The number of hydrogen-bond donors (Lipinski definition) is 1. The lowest BCUT2D eigenvalue weighted by atomic mass is 9.96. The SMILES string of the molecule is CCCc1nnsc1C(=O)NCC1CCN(C(=O)/C=C/c2ccco2)CC1. The molecule has 1 fully saturated rings. The number of aromatic nitrogens is 2. The maximum Gasteiger partial charge on any atom is 0.264 e. The average Bonchev–Trinajstić information content (AvgIpc) is 3.37. The first-order valence-corrected chi connectivity index (χ1v) is 10.0. The van der Waals surface area contributed by atoms with Gasteiger partial charge in [0.05, 0.1) is 12.0 Å². The van der Waals surface area contributed by atoms with E-state index in [1.807, 2.05) is 11.0 Å². The summed E-state index contributed by atoms with van der Waals surface area (Å²) in [4.78, 5) is 27.0. The highest BCUT2D eigenvalue weighted by molar-refractivity contribution is 7.08. The van der Waals surface area contributed by atoms with Gasteiger partial charge in [-0.25, -0.2) is 0 Å². The van der Waals surface area contributed by atoms with E-state index in [1.54, 1.807) is 24.5 Å². The Morgan fingerprint density at radius 1 is 1.41 bits per heavy atom. The average molecular weight is 388 g/mol. The topological polar surface area (TPSA) is 88.3 Å². The van der Waals surface area contributed by atoms with Gasteiger partial charge in [0, 0.05) is 25.7 Å². The molecule has 1 saturated heterocycles. The predicted octanol–water partition coefficient (Wildman–Crippen LogP) is 2.77. The van der Waals surface area contributed by atoms with Gasteiger partial charge in [0.15, 0.2) is 0 Å². The lowest BCUT2D eigenvalue weighted by Gasteiger charge is -2.31. The zero-order valence-electron chi connectivity index (χ0n) is 15.4. The van der Waals surface area contributed by atoms with Crippen LogP contribution in [0.4, 0.5) is 0 Å². The summed E-state index contributed by atoms with van der Waals surface area (Å²) in [5.41, 5.74) is 0.781. The molecule has 1 N–H and O–H groups in total. The molecule has 0 atom stereocenters. The number of piperidine rings is 1. The third-order valence-corrected chi connectivity index (χ3v) is 5.43. The van der Waals surface area contributed by atoms with Crippen LogP contribution < -0.4 is 5.32 Å². The third-order valence-electron chi connectivity index (χ3n) is 4.66. The first kappa shape index (κ1) is 19.3. The van der Waals surface area contributed by atoms with E-state index in [4.69, 9.17) is 4.42 Å². The quantitative estimate of drug-likeness (QED) is 0.737. The molecule has 144 valence electrons. The first-order valence-electron chi connectivity index (χ1n) is 9.27. The number of furan rings is 1. The molecule has 2 aromatic heterocycles. The molecule has 1 aliphatic rings. The monoisotopic (exact) mass is 388 g/mol. The van der Waals surface area contributed by atoms with Crippen molar-refractivity contribution in [3.8, 4) is 0 Å². The standard InChI is InChI=1S/C19H24N4O3S/c1-2-4-16-18(27-22-21-16)19(25)20-13-14-8-10-23(11-9-14)17(24)7-6-15-5-3-12-26-15/h3,5-7,12,14H,2,4,8-11,13H2,1H3,(H,20,25)/b7-6+. The maximum absolute atomic E-state index is 12.4. The van der Waals surface area contributed by atoms with Gasteiger partial charge >= 0.3 is 0 Å². The number of carbonyl (C=O) groups is 2. The highest BCUT2D eigenvalue weighted by atomic mass is 32.1. The number of aryl methyl sites for hydroxylation is 1. The molecule has 27 heavy (non-hydrogen) atoms. The molecule has 0 aliphatic carbocycles. The molecular weight excluding hydrogens is 364 g/mol. The summed E-state index contributed by atoms with van der Waals surface area (Å²) < 4.78 is 9.09. The Bertz CT molecular complexity index is 777. The van der Waals surface area contributed by atoms with E-state index >= 15 is 0 Å². The molecule has 7 nitrogen and oxygen atoms in total. The van der Waals surface area contributed by atoms with Crippen molar-refractivity contribution in [2.45, 2.75) is 32.6 Å². The Kier molecular flexibility index (Phi) is 6.75. The van der Waals surface area contributed by atoms with Crippen molar-refractivity contribution < 1.29 is 14.0 Å². The molecule has 0 bridgehead atoms. The minimum absolute atomic E-state index is 0.00572. The zero-order valence-corrected chi connectivity index (χ0v) is 16.2. The summed E-state index contributed by atoms with van der Waals surface area (Å²) >= 11 is 1.15. The molecule has 3 heterocycles. The second-order valence-corrected chi connectivity index (χ2v) is 7.38. The van der Waals surface area contributed by atoms with Crippen LogP contribution in [0.25, 0.3) is 6.08 Å². The van der Waals surface area contributed by atoms with Crippen molar-refractivity contribution in [1.82, 2.24) is 19.8 Å². The minimum atomic E-state index is -0.0895. The van der Waals surface area contributed by atoms with Crippen molar-refractivity contribution in [3.63, 3.8) is 0 Å². The smallest absolute Gasteiger partial charge is 0.264 e. The van der Waals surface area contributed by atoms with Gasteiger partial charge in [-0.1, -0.05) is 17.8 Å². The van der Waals surface area contributed by atoms with E-state index in [2.05, 4.69) is 21.8 Å². The van der Waals surface area contributed by atoms with Crippen molar-refractivity contribution >= 4 is 29.4 Å². The van der Waals surface area contributed by atoms with Gasteiger partial charge in [0.25, 0.3) is 5.91 Å². The number of carbonyl (C=O) groups excluding carboxylic acids is 2. The van der Waals surface area contributed by atoms with Crippen LogP contribution >= 0.6 is 11.5 Å². The maximum atomic E-state index is 12.4. The first-order chi connectivity index (χ1) is 13.2. The minimum Gasteiger partial charge on any atom is -0.465 e. The molecule has 0 radical (unpaired) electrons. The van der Waals surface area contributed by atoms with Gasteiger partial charge < -0.3 is 14.6 Å². The fourth-order valence-corrected chi connectivity index (χ4v) is 3.73. The lowest BCUT2D eigenvalue weighted by molar-refractivity contribution is -0.127. The number of nitrogens with zero attached hydrogens (tertiary/aromatic N) is 3. The number of rotatable bonds is 7. The van der Waals surface area contributed by atoms with Gasteiger partial charge in [-0.05, 0) is 54.9 Å². The zero-order chi connectivity index (χ0) is 19.1. The van der Waals surface area contributed by atoms with E-state index in [1.165, 1.54) is 0 Å². The van der Waals surface area contributed by atoms with Crippen LogP contribution in [0.5, 0.6) is 0 Å². The summed E-state index contributed by atoms with van der Waals surface area (Å²) in [6.45, 7) is 4.07. The third kappa shape index (κ3) is 5.26. The number of nitrogens with one attached hydrogen (secondary N) is 1. The van der Waals surface area contributed by atoms with Crippen LogP contribution in [0.2, 0.25) is 0 Å². The number of amides is 2. The summed E-state index contributed by atoms with van der Waals surface area (Å²) in [6, 6.07) is 3.60.